The van der Waals surface area contributed by atoms with Crippen LogP contribution in [0, 0.1) is 0 Å². The lowest BCUT2D eigenvalue weighted by atomic mass is 10.3. The molecule has 0 radical (unpaired) electrons. The highest BCUT2D eigenvalue weighted by atomic mass is 16.4. The summed E-state index contributed by atoms with van der Waals surface area (Å²) in [5.74, 6) is -7.30. The van der Waals surface area contributed by atoms with Crippen LogP contribution < -0.4 is 0 Å². The molecule has 0 aliphatic heterocycles. The Hall–Kier alpha value is -2.20. The highest BCUT2D eigenvalue weighted by Crippen LogP contribution is 1.88. The molecule has 0 amide bonds. The van der Waals surface area contributed by atoms with Gasteiger partial charge >= 0.3 is 23.9 Å². The summed E-state index contributed by atoms with van der Waals surface area (Å²) in [6.45, 7) is 4.42. The average molecular weight is 288 g/mol. The first-order chi connectivity index (χ1) is 7.70. The Morgan fingerprint density at radius 2 is 0.789 bits per heavy atom. The number of hydrogen-bond donors (Lipinski definition) is 4. The molecular weight excluding hydrogens is 268 g/mol. The van der Waals surface area contributed by atoms with Crippen molar-refractivity contribution in [1.29, 1.82) is 0 Å². The summed E-state index contributed by atoms with van der Waals surface area (Å²) in [6.07, 6.45) is 4.08. The van der Waals surface area contributed by atoms with Crippen LogP contribution in [-0.4, -0.2) is 55.3 Å². The lowest BCUT2D eigenvalue weighted by Crippen LogP contribution is -2.09. The zero-order valence-corrected chi connectivity index (χ0v) is 10.5. The first kappa shape index (κ1) is 30.1. The second-order valence-electron chi connectivity index (χ2n) is 2.57. The fourth-order valence-electron chi connectivity index (χ4n) is 0.354. The maximum atomic E-state index is 9.10. The summed E-state index contributed by atoms with van der Waals surface area (Å²) < 4.78 is 0. The third-order valence-corrected chi connectivity index (χ3v) is 1.07. The van der Waals surface area contributed by atoms with E-state index in [0.29, 0.717) is 0 Å². The van der Waals surface area contributed by atoms with Gasteiger partial charge < -0.3 is 31.4 Å². The van der Waals surface area contributed by atoms with Crippen LogP contribution in [-0.2, 0) is 19.2 Å². The molecule has 0 aromatic heterocycles. The smallest absolute Gasteiger partial charge is 0.414 e. The summed E-state index contributed by atoms with van der Waals surface area (Å²) in [5.41, 5.74) is 0. The molecule has 0 bridgehead atoms. The van der Waals surface area contributed by atoms with Gasteiger partial charge in [0, 0.05) is 0 Å². The molecule has 19 heavy (non-hydrogen) atoms. The minimum absolute atomic E-state index is 0. The Balaban J connectivity index is -0.0000000492. The molecule has 0 fully saturated rings. The topological polar surface area (TPSA) is 212 Å². The molecule has 0 aliphatic rings. The third kappa shape index (κ3) is 49.5. The molecule has 0 unspecified atom stereocenters. The monoisotopic (exact) mass is 288 g/mol. The van der Waals surface area contributed by atoms with Gasteiger partial charge in [-0.05, 0) is 0 Å². The van der Waals surface area contributed by atoms with Crippen molar-refractivity contribution >= 4 is 23.9 Å². The number of carboxylic acid groups (broad SMARTS) is 4. The van der Waals surface area contributed by atoms with Gasteiger partial charge in [0.15, 0.2) is 0 Å². The second kappa shape index (κ2) is 21.1. The summed E-state index contributed by atoms with van der Waals surface area (Å²) in [5, 5.41) is 29.6. The van der Waals surface area contributed by atoms with Crippen molar-refractivity contribution in [2.45, 2.75) is 33.1 Å². The Labute approximate surface area is 108 Å². The van der Waals surface area contributed by atoms with Gasteiger partial charge in [-0.1, -0.05) is 33.1 Å². The van der Waals surface area contributed by atoms with Gasteiger partial charge in [-0.25, -0.2) is 19.2 Å². The van der Waals surface area contributed by atoms with Gasteiger partial charge in [0.05, 0.1) is 0 Å². The van der Waals surface area contributed by atoms with E-state index in [0.717, 1.165) is 0 Å². The largest absolute Gasteiger partial charge is 0.473 e. The van der Waals surface area contributed by atoms with Crippen molar-refractivity contribution in [2.75, 3.05) is 0 Å². The van der Waals surface area contributed by atoms with Crippen molar-refractivity contribution in [3.05, 3.63) is 0 Å². The number of unbranched alkanes of at least 4 members (excludes halogenated alkanes) is 2. The molecule has 10 nitrogen and oxygen atoms in total. The Kier molecular flexibility index (Phi) is 33.5. The van der Waals surface area contributed by atoms with Crippen LogP contribution in [0.25, 0.3) is 0 Å². The lowest BCUT2D eigenvalue weighted by molar-refractivity contribution is -0.159. The van der Waals surface area contributed by atoms with E-state index in [-0.39, 0.29) is 11.0 Å². The third-order valence-electron chi connectivity index (χ3n) is 1.07. The SMILES string of the molecule is CCCCC.O.O.O=C(O)C(=O)O.O=C(O)C(=O)O. The molecule has 8 N–H and O–H groups in total. The Morgan fingerprint density at radius 3 is 0.789 bits per heavy atom. The molecule has 0 heterocycles. The summed E-state index contributed by atoms with van der Waals surface area (Å²) in [7, 11) is 0. The van der Waals surface area contributed by atoms with E-state index in [9.17, 15) is 0 Å². The Bertz CT molecular complexity index is 210. The standard InChI is InChI=1S/C5H12.2C2H2O4.2H2O/c1-3-5-4-2;2*3-1(4)2(5)6;;/h3-5H2,1-2H3;2*(H,3,4)(H,5,6);2*1H2. The molecule has 0 saturated carbocycles. The van der Waals surface area contributed by atoms with Crippen LogP contribution in [0.4, 0.5) is 0 Å². The minimum atomic E-state index is -1.82. The zero-order chi connectivity index (χ0) is 14.4. The fraction of sp³-hybridized carbons (Fsp3) is 0.556. The van der Waals surface area contributed by atoms with Gasteiger partial charge in [0.2, 0.25) is 0 Å². The predicted octanol–water partition coefficient (Wildman–Crippen LogP) is -1.14. The maximum Gasteiger partial charge on any atom is 0.414 e. The first-order valence-electron chi connectivity index (χ1n) is 4.63. The van der Waals surface area contributed by atoms with Crippen LogP contribution in [0.2, 0.25) is 0 Å². The van der Waals surface area contributed by atoms with Gasteiger partial charge in [-0.2, -0.15) is 0 Å². The quantitative estimate of drug-likeness (QED) is 0.454. The van der Waals surface area contributed by atoms with Gasteiger partial charge in [-0.3, -0.25) is 0 Å². The molecular formula is C9H20O10. The van der Waals surface area contributed by atoms with E-state index >= 15 is 0 Å². The molecule has 0 atom stereocenters. The fourth-order valence-corrected chi connectivity index (χ4v) is 0.354. The Morgan fingerprint density at radius 1 is 0.632 bits per heavy atom. The lowest BCUT2D eigenvalue weighted by Gasteiger charge is -1.79. The normalized spacial score (nSPS) is 6.84. The van der Waals surface area contributed by atoms with Crippen molar-refractivity contribution in [2.24, 2.45) is 0 Å². The molecule has 0 aromatic carbocycles. The van der Waals surface area contributed by atoms with E-state index < -0.39 is 23.9 Å². The predicted molar refractivity (Wildman–Crippen MR) is 63.0 cm³/mol. The van der Waals surface area contributed by atoms with Crippen LogP contribution in [0.3, 0.4) is 0 Å². The summed E-state index contributed by atoms with van der Waals surface area (Å²) in [4.78, 5) is 36.4. The number of aliphatic carboxylic acids is 4. The van der Waals surface area contributed by atoms with E-state index in [1.807, 2.05) is 0 Å². The minimum Gasteiger partial charge on any atom is -0.473 e. The molecule has 116 valence electrons. The number of hydrogen-bond acceptors (Lipinski definition) is 4. The number of carboxylic acids is 4. The maximum absolute atomic E-state index is 9.10. The zero-order valence-electron chi connectivity index (χ0n) is 10.5. The van der Waals surface area contributed by atoms with Crippen LogP contribution in [0.15, 0.2) is 0 Å². The van der Waals surface area contributed by atoms with Crippen LogP contribution in [0.1, 0.15) is 33.1 Å². The molecule has 0 saturated heterocycles. The van der Waals surface area contributed by atoms with Gasteiger partial charge in [-0.15, -0.1) is 0 Å². The summed E-state index contributed by atoms with van der Waals surface area (Å²) in [6, 6.07) is 0. The molecule has 0 aliphatic carbocycles. The van der Waals surface area contributed by atoms with E-state index in [1.54, 1.807) is 0 Å². The molecule has 0 spiro atoms. The highest BCUT2D eigenvalue weighted by Gasteiger charge is 2.04. The average Bonchev–Trinajstić information content (AvgIpc) is 2.20. The van der Waals surface area contributed by atoms with Crippen molar-refractivity contribution in [1.82, 2.24) is 0 Å². The molecule has 0 rings (SSSR count). The van der Waals surface area contributed by atoms with E-state index in [4.69, 9.17) is 39.6 Å². The summed E-state index contributed by atoms with van der Waals surface area (Å²) >= 11 is 0. The van der Waals surface area contributed by atoms with E-state index in [2.05, 4.69) is 13.8 Å². The highest BCUT2D eigenvalue weighted by molar-refractivity contribution is 6.27. The van der Waals surface area contributed by atoms with Gasteiger partial charge in [0.1, 0.15) is 0 Å². The number of carbonyl (C=O) groups is 4. The van der Waals surface area contributed by atoms with Crippen LogP contribution in [0.5, 0.6) is 0 Å². The van der Waals surface area contributed by atoms with Crippen molar-refractivity contribution in [3.8, 4) is 0 Å². The van der Waals surface area contributed by atoms with Crippen molar-refractivity contribution in [3.63, 3.8) is 0 Å². The molecule has 10 heteroatoms. The molecule has 0 aromatic rings. The van der Waals surface area contributed by atoms with Crippen LogP contribution >= 0.6 is 0 Å². The van der Waals surface area contributed by atoms with E-state index in [1.165, 1.54) is 19.3 Å². The van der Waals surface area contributed by atoms with Gasteiger partial charge in [0.25, 0.3) is 0 Å². The second-order valence-corrected chi connectivity index (χ2v) is 2.57. The van der Waals surface area contributed by atoms with Crippen molar-refractivity contribution < 1.29 is 50.6 Å². The first-order valence-corrected chi connectivity index (χ1v) is 4.63. The number of rotatable bonds is 2.